The fourth-order valence-electron chi connectivity index (χ4n) is 2.36. The molecule has 1 aliphatic heterocycles. The first-order chi connectivity index (χ1) is 8.13. The van der Waals surface area contributed by atoms with Crippen LogP contribution >= 0.6 is 15.9 Å². The van der Waals surface area contributed by atoms with Crippen molar-refractivity contribution in [3.63, 3.8) is 0 Å². The van der Waals surface area contributed by atoms with E-state index in [-0.39, 0.29) is 0 Å². The number of rotatable bonds is 4. The lowest BCUT2D eigenvalue weighted by Crippen LogP contribution is -2.20. The van der Waals surface area contributed by atoms with E-state index in [2.05, 4.69) is 33.0 Å². The normalized spacial score (nSPS) is 20.6. The highest BCUT2D eigenvalue weighted by atomic mass is 79.9. The minimum Gasteiger partial charge on any atom is -0.481 e. The van der Waals surface area contributed by atoms with Crippen molar-refractivity contribution in [1.29, 1.82) is 0 Å². The molecule has 0 bridgehead atoms. The van der Waals surface area contributed by atoms with E-state index < -0.39 is 5.97 Å². The second-order valence-corrected chi connectivity index (χ2v) is 5.53. The zero-order valence-electron chi connectivity index (χ0n) is 9.60. The van der Waals surface area contributed by atoms with Crippen LogP contribution in [0.15, 0.2) is 28.7 Å². The molecule has 0 amide bonds. The molecule has 1 aromatic carbocycles. The molecule has 1 saturated heterocycles. The molecule has 1 aliphatic rings. The molecule has 1 N–H and O–H groups in total. The predicted octanol–water partition coefficient (Wildman–Crippen LogP) is 2.75. The van der Waals surface area contributed by atoms with Gasteiger partial charge in [0.1, 0.15) is 0 Å². The standard InChI is InChI=1S/C13H16BrNO2/c14-12-3-1-2-10(6-12)8-15-5-4-11(9-15)7-13(16)17/h1-3,6,11H,4-5,7-9H2,(H,16,17). The summed E-state index contributed by atoms with van der Waals surface area (Å²) in [6, 6.07) is 8.27. The molecule has 0 aliphatic carbocycles. The minimum absolute atomic E-state index is 0.301. The summed E-state index contributed by atoms with van der Waals surface area (Å²) in [7, 11) is 0. The Hall–Kier alpha value is -0.870. The van der Waals surface area contributed by atoms with Gasteiger partial charge in [0.15, 0.2) is 0 Å². The highest BCUT2D eigenvalue weighted by Gasteiger charge is 2.24. The van der Waals surface area contributed by atoms with E-state index in [4.69, 9.17) is 5.11 Å². The molecule has 4 heteroatoms. The smallest absolute Gasteiger partial charge is 0.303 e. The summed E-state index contributed by atoms with van der Waals surface area (Å²) in [6.45, 7) is 2.82. The Labute approximate surface area is 110 Å². The molecule has 3 nitrogen and oxygen atoms in total. The Morgan fingerprint density at radius 1 is 1.53 bits per heavy atom. The fourth-order valence-corrected chi connectivity index (χ4v) is 2.81. The zero-order valence-corrected chi connectivity index (χ0v) is 11.2. The summed E-state index contributed by atoms with van der Waals surface area (Å²) in [6.07, 6.45) is 1.30. The Morgan fingerprint density at radius 2 is 2.35 bits per heavy atom. The Morgan fingerprint density at radius 3 is 3.06 bits per heavy atom. The molecule has 2 rings (SSSR count). The molecule has 1 aromatic rings. The van der Waals surface area contributed by atoms with Gasteiger partial charge in [0.05, 0.1) is 0 Å². The number of benzene rings is 1. The Balaban J connectivity index is 1.87. The van der Waals surface area contributed by atoms with Gasteiger partial charge in [-0.15, -0.1) is 0 Å². The molecule has 1 unspecified atom stereocenters. The van der Waals surface area contributed by atoms with Crippen LogP contribution in [0.3, 0.4) is 0 Å². The van der Waals surface area contributed by atoms with Gasteiger partial charge in [-0.2, -0.15) is 0 Å². The third-order valence-electron chi connectivity index (χ3n) is 3.13. The van der Waals surface area contributed by atoms with Crippen LogP contribution in [0.25, 0.3) is 0 Å². The van der Waals surface area contributed by atoms with Crippen LogP contribution < -0.4 is 0 Å². The first-order valence-electron chi connectivity index (χ1n) is 5.82. The molecule has 92 valence electrons. The van der Waals surface area contributed by atoms with Crippen molar-refractivity contribution in [3.8, 4) is 0 Å². The van der Waals surface area contributed by atoms with Crippen molar-refractivity contribution in [2.24, 2.45) is 5.92 Å². The number of halogens is 1. The fraction of sp³-hybridized carbons (Fsp3) is 0.462. The lowest BCUT2D eigenvalue weighted by atomic mass is 10.1. The van der Waals surface area contributed by atoms with Crippen molar-refractivity contribution >= 4 is 21.9 Å². The maximum atomic E-state index is 10.6. The summed E-state index contributed by atoms with van der Waals surface area (Å²) < 4.78 is 1.09. The van der Waals surface area contributed by atoms with Crippen LogP contribution in [0.5, 0.6) is 0 Å². The van der Waals surface area contributed by atoms with Crippen molar-refractivity contribution in [3.05, 3.63) is 34.3 Å². The van der Waals surface area contributed by atoms with Crippen LogP contribution in [-0.4, -0.2) is 29.1 Å². The van der Waals surface area contributed by atoms with Gasteiger partial charge in [-0.25, -0.2) is 0 Å². The van der Waals surface area contributed by atoms with Gasteiger partial charge in [-0.1, -0.05) is 28.1 Å². The maximum absolute atomic E-state index is 10.6. The molecular formula is C13H16BrNO2. The van der Waals surface area contributed by atoms with Crippen LogP contribution in [0, 0.1) is 5.92 Å². The third-order valence-corrected chi connectivity index (χ3v) is 3.62. The number of likely N-dealkylation sites (tertiary alicyclic amines) is 1. The summed E-state index contributed by atoms with van der Waals surface area (Å²) in [5, 5.41) is 8.76. The van der Waals surface area contributed by atoms with E-state index >= 15 is 0 Å². The Bertz CT molecular complexity index is 408. The monoisotopic (exact) mass is 297 g/mol. The topological polar surface area (TPSA) is 40.5 Å². The van der Waals surface area contributed by atoms with Crippen molar-refractivity contribution < 1.29 is 9.90 Å². The minimum atomic E-state index is -0.681. The maximum Gasteiger partial charge on any atom is 0.303 e. The highest BCUT2D eigenvalue weighted by Crippen LogP contribution is 2.22. The van der Waals surface area contributed by atoms with E-state index in [1.54, 1.807) is 0 Å². The van der Waals surface area contributed by atoms with E-state index in [9.17, 15) is 4.79 Å². The van der Waals surface area contributed by atoms with E-state index in [0.717, 1.165) is 30.5 Å². The van der Waals surface area contributed by atoms with Crippen LogP contribution in [-0.2, 0) is 11.3 Å². The lowest BCUT2D eigenvalue weighted by molar-refractivity contribution is -0.138. The third kappa shape index (κ3) is 3.82. The van der Waals surface area contributed by atoms with Crippen molar-refractivity contribution in [2.45, 2.75) is 19.4 Å². The van der Waals surface area contributed by atoms with E-state index in [1.807, 2.05) is 12.1 Å². The zero-order chi connectivity index (χ0) is 12.3. The molecule has 1 fully saturated rings. The molecule has 1 atom stereocenters. The van der Waals surface area contributed by atoms with Gasteiger partial charge in [0.2, 0.25) is 0 Å². The molecule has 0 radical (unpaired) electrons. The summed E-state index contributed by atoms with van der Waals surface area (Å²) >= 11 is 3.46. The van der Waals surface area contributed by atoms with Gasteiger partial charge in [-0.05, 0) is 36.6 Å². The number of carboxylic acid groups (broad SMARTS) is 1. The average Bonchev–Trinajstić information content (AvgIpc) is 2.64. The Kier molecular flexibility index (Phi) is 4.18. The first-order valence-corrected chi connectivity index (χ1v) is 6.61. The number of hydrogen-bond acceptors (Lipinski definition) is 2. The predicted molar refractivity (Wildman–Crippen MR) is 69.8 cm³/mol. The van der Waals surface area contributed by atoms with Gasteiger partial charge < -0.3 is 5.11 Å². The molecule has 0 saturated carbocycles. The SMILES string of the molecule is O=C(O)CC1CCN(Cc2cccc(Br)c2)C1. The largest absolute Gasteiger partial charge is 0.481 e. The number of carbonyl (C=O) groups is 1. The molecular weight excluding hydrogens is 282 g/mol. The molecule has 0 spiro atoms. The van der Waals surface area contributed by atoms with Crippen LogP contribution in [0.2, 0.25) is 0 Å². The van der Waals surface area contributed by atoms with Gasteiger partial charge in [-0.3, -0.25) is 9.69 Å². The average molecular weight is 298 g/mol. The van der Waals surface area contributed by atoms with E-state index in [0.29, 0.717) is 12.3 Å². The first kappa shape index (κ1) is 12.6. The molecule has 17 heavy (non-hydrogen) atoms. The van der Waals surface area contributed by atoms with Crippen molar-refractivity contribution in [2.75, 3.05) is 13.1 Å². The lowest BCUT2D eigenvalue weighted by Gasteiger charge is -2.15. The van der Waals surface area contributed by atoms with Crippen LogP contribution in [0.1, 0.15) is 18.4 Å². The summed E-state index contributed by atoms with van der Waals surface area (Å²) in [5.74, 6) is -0.362. The summed E-state index contributed by atoms with van der Waals surface area (Å²) in [5.41, 5.74) is 1.27. The van der Waals surface area contributed by atoms with Crippen LogP contribution in [0.4, 0.5) is 0 Å². The van der Waals surface area contributed by atoms with E-state index in [1.165, 1.54) is 5.56 Å². The quantitative estimate of drug-likeness (QED) is 0.929. The van der Waals surface area contributed by atoms with Crippen molar-refractivity contribution in [1.82, 2.24) is 4.90 Å². The molecule has 0 aromatic heterocycles. The van der Waals surface area contributed by atoms with Gasteiger partial charge in [0.25, 0.3) is 0 Å². The number of carboxylic acids is 1. The van der Waals surface area contributed by atoms with Gasteiger partial charge in [0, 0.05) is 24.0 Å². The molecule has 1 heterocycles. The second-order valence-electron chi connectivity index (χ2n) is 4.62. The second kappa shape index (κ2) is 5.65. The number of hydrogen-bond donors (Lipinski definition) is 1. The summed E-state index contributed by atoms with van der Waals surface area (Å²) in [4.78, 5) is 13.0. The number of aliphatic carboxylic acids is 1. The number of nitrogens with zero attached hydrogens (tertiary/aromatic N) is 1. The highest BCUT2D eigenvalue weighted by molar-refractivity contribution is 9.10. The van der Waals surface area contributed by atoms with Gasteiger partial charge >= 0.3 is 5.97 Å².